The summed E-state index contributed by atoms with van der Waals surface area (Å²) in [6.07, 6.45) is 5.37. The summed E-state index contributed by atoms with van der Waals surface area (Å²) < 4.78 is 0. The van der Waals surface area contributed by atoms with E-state index in [1.54, 1.807) is 0 Å². The van der Waals surface area contributed by atoms with E-state index in [0.717, 1.165) is 36.0 Å². The number of anilines is 1. The summed E-state index contributed by atoms with van der Waals surface area (Å²) >= 11 is 0. The summed E-state index contributed by atoms with van der Waals surface area (Å²) in [4.78, 5) is 16.6. The van der Waals surface area contributed by atoms with Crippen LogP contribution in [-0.4, -0.2) is 10.9 Å². The first-order chi connectivity index (χ1) is 13.0. The molecule has 1 heterocycles. The van der Waals surface area contributed by atoms with Crippen LogP contribution in [0.4, 0.5) is 5.69 Å². The molecule has 3 nitrogen and oxygen atoms in total. The number of nitrogens with one attached hydrogen (secondary N) is 2. The van der Waals surface area contributed by atoms with Crippen LogP contribution < -0.4 is 5.32 Å². The highest BCUT2D eigenvalue weighted by molar-refractivity contribution is 6.02. The number of carbonyl (C=O) groups excluding carboxylic acids is 1. The maximum absolute atomic E-state index is 13.1. The highest BCUT2D eigenvalue weighted by Crippen LogP contribution is 2.50. The molecule has 2 saturated carbocycles. The quantitative estimate of drug-likeness (QED) is 0.626. The Morgan fingerprint density at radius 3 is 2.59 bits per heavy atom. The number of hydrogen-bond donors (Lipinski definition) is 2. The minimum absolute atomic E-state index is 0.125. The van der Waals surface area contributed by atoms with E-state index in [1.807, 2.05) is 6.07 Å². The lowest BCUT2D eigenvalue weighted by atomic mass is 9.93. The van der Waals surface area contributed by atoms with Gasteiger partial charge in [-0.2, -0.15) is 0 Å². The van der Waals surface area contributed by atoms with Gasteiger partial charge in [-0.15, -0.1) is 0 Å². The van der Waals surface area contributed by atoms with Crippen molar-refractivity contribution < 1.29 is 4.79 Å². The number of H-pyrrole nitrogens is 1. The van der Waals surface area contributed by atoms with Gasteiger partial charge in [-0.3, -0.25) is 4.79 Å². The summed E-state index contributed by atoms with van der Waals surface area (Å²) in [5, 5.41) is 4.36. The lowest BCUT2D eigenvalue weighted by Crippen LogP contribution is -2.27. The molecule has 3 heteroatoms. The molecule has 2 N–H and O–H groups in total. The molecule has 3 aromatic rings. The van der Waals surface area contributed by atoms with Gasteiger partial charge in [0.05, 0.1) is 5.41 Å². The van der Waals surface area contributed by atoms with Crippen LogP contribution in [0.5, 0.6) is 0 Å². The van der Waals surface area contributed by atoms with E-state index >= 15 is 0 Å². The zero-order chi connectivity index (χ0) is 18.6. The van der Waals surface area contributed by atoms with Gasteiger partial charge < -0.3 is 10.3 Å². The highest BCUT2D eigenvalue weighted by atomic mass is 16.2. The second-order valence-corrected chi connectivity index (χ2v) is 8.64. The molecular formula is C24H26N2O. The number of fused-ring (bicyclic) bond motifs is 1. The molecular weight excluding hydrogens is 332 g/mol. The molecule has 2 aliphatic rings. The third-order valence-corrected chi connectivity index (χ3v) is 6.60. The van der Waals surface area contributed by atoms with Crippen LogP contribution in [-0.2, 0) is 22.0 Å². The molecule has 0 unspecified atom stereocenters. The number of aromatic amines is 1. The Bertz CT molecular complexity index is 1040. The Morgan fingerprint density at radius 1 is 1.07 bits per heavy atom. The van der Waals surface area contributed by atoms with Gasteiger partial charge in [0.1, 0.15) is 0 Å². The Kier molecular flexibility index (Phi) is 3.52. The van der Waals surface area contributed by atoms with Crippen LogP contribution in [0.25, 0.3) is 10.9 Å². The third kappa shape index (κ3) is 2.77. The third-order valence-electron chi connectivity index (χ3n) is 6.60. The Labute approximate surface area is 160 Å². The molecule has 138 valence electrons. The number of rotatable bonds is 5. The van der Waals surface area contributed by atoms with Crippen molar-refractivity contribution in [3.05, 3.63) is 65.4 Å². The summed E-state index contributed by atoms with van der Waals surface area (Å²) in [5.41, 5.74) is 5.78. The van der Waals surface area contributed by atoms with Crippen molar-refractivity contribution in [2.24, 2.45) is 0 Å². The fraction of sp³-hybridized carbons (Fsp3) is 0.375. The SMILES string of the molecule is CCc1cccc(C2(C(=O)Nc3ccc4[nH]c(C5(C)CC5)cc4c3)CC2)c1. The van der Waals surface area contributed by atoms with Crippen molar-refractivity contribution >= 4 is 22.5 Å². The second kappa shape index (κ2) is 5.72. The van der Waals surface area contributed by atoms with Crippen LogP contribution in [0.15, 0.2) is 48.5 Å². The minimum Gasteiger partial charge on any atom is -0.358 e. The molecule has 2 aliphatic carbocycles. The van der Waals surface area contributed by atoms with Gasteiger partial charge in [0.2, 0.25) is 5.91 Å². The van der Waals surface area contributed by atoms with E-state index in [1.165, 1.54) is 29.5 Å². The van der Waals surface area contributed by atoms with E-state index in [4.69, 9.17) is 0 Å². The number of amides is 1. The van der Waals surface area contributed by atoms with Crippen molar-refractivity contribution in [2.75, 3.05) is 5.32 Å². The number of carbonyl (C=O) groups is 1. The smallest absolute Gasteiger partial charge is 0.235 e. The molecule has 27 heavy (non-hydrogen) atoms. The summed E-state index contributed by atoms with van der Waals surface area (Å²) in [7, 11) is 0. The van der Waals surface area contributed by atoms with Crippen molar-refractivity contribution in [1.29, 1.82) is 0 Å². The fourth-order valence-corrected chi connectivity index (χ4v) is 4.10. The van der Waals surface area contributed by atoms with Gasteiger partial charge in [-0.05, 0) is 67.5 Å². The molecule has 0 radical (unpaired) electrons. The molecule has 2 aromatic carbocycles. The second-order valence-electron chi connectivity index (χ2n) is 8.64. The van der Waals surface area contributed by atoms with Gasteiger partial charge in [0.15, 0.2) is 0 Å². The van der Waals surface area contributed by atoms with E-state index in [-0.39, 0.29) is 11.3 Å². The normalized spacial score (nSPS) is 19.0. The van der Waals surface area contributed by atoms with E-state index in [0.29, 0.717) is 5.41 Å². The summed E-state index contributed by atoms with van der Waals surface area (Å²) in [5.74, 6) is 0.125. The first-order valence-electron chi connectivity index (χ1n) is 10.1. The lowest BCUT2D eigenvalue weighted by molar-refractivity contribution is -0.118. The Hall–Kier alpha value is -2.55. The maximum Gasteiger partial charge on any atom is 0.235 e. The largest absolute Gasteiger partial charge is 0.358 e. The predicted octanol–water partition coefficient (Wildman–Crippen LogP) is 5.45. The van der Waals surface area contributed by atoms with Crippen LogP contribution in [0.1, 0.15) is 56.4 Å². The van der Waals surface area contributed by atoms with Crippen molar-refractivity contribution in [1.82, 2.24) is 4.98 Å². The molecule has 2 fully saturated rings. The zero-order valence-electron chi connectivity index (χ0n) is 16.1. The van der Waals surface area contributed by atoms with Gasteiger partial charge in [0, 0.05) is 27.7 Å². The van der Waals surface area contributed by atoms with Crippen molar-refractivity contribution in [3.63, 3.8) is 0 Å². The molecule has 1 aromatic heterocycles. The Balaban J connectivity index is 1.40. The van der Waals surface area contributed by atoms with Crippen LogP contribution in [0.2, 0.25) is 0 Å². The predicted molar refractivity (Wildman–Crippen MR) is 110 cm³/mol. The van der Waals surface area contributed by atoms with Gasteiger partial charge in [-0.25, -0.2) is 0 Å². The van der Waals surface area contributed by atoms with E-state index in [9.17, 15) is 4.79 Å². The number of aryl methyl sites for hydroxylation is 1. The molecule has 0 saturated heterocycles. The monoisotopic (exact) mass is 358 g/mol. The van der Waals surface area contributed by atoms with Crippen LogP contribution >= 0.6 is 0 Å². The first kappa shape index (κ1) is 16.6. The Morgan fingerprint density at radius 2 is 1.89 bits per heavy atom. The average Bonchev–Trinajstić information content (AvgIpc) is 3.59. The van der Waals surface area contributed by atoms with E-state index < -0.39 is 0 Å². The first-order valence-corrected chi connectivity index (χ1v) is 10.1. The number of benzene rings is 2. The summed E-state index contributed by atoms with van der Waals surface area (Å²) in [6, 6.07) is 16.9. The molecule has 0 aliphatic heterocycles. The fourth-order valence-electron chi connectivity index (χ4n) is 4.10. The minimum atomic E-state index is -0.342. The van der Waals surface area contributed by atoms with Crippen LogP contribution in [0.3, 0.4) is 0 Å². The molecule has 0 spiro atoms. The topological polar surface area (TPSA) is 44.9 Å². The van der Waals surface area contributed by atoms with Crippen molar-refractivity contribution in [2.45, 2.75) is 56.8 Å². The maximum atomic E-state index is 13.1. The summed E-state index contributed by atoms with van der Waals surface area (Å²) in [6.45, 7) is 4.46. The van der Waals surface area contributed by atoms with Crippen molar-refractivity contribution in [3.8, 4) is 0 Å². The highest BCUT2D eigenvalue weighted by Gasteiger charge is 2.51. The van der Waals surface area contributed by atoms with Crippen LogP contribution in [0, 0.1) is 0 Å². The molecule has 1 amide bonds. The van der Waals surface area contributed by atoms with E-state index in [2.05, 4.69) is 66.6 Å². The molecule has 0 bridgehead atoms. The van der Waals surface area contributed by atoms with Gasteiger partial charge in [-0.1, -0.05) is 38.1 Å². The van der Waals surface area contributed by atoms with Gasteiger partial charge in [0.25, 0.3) is 0 Å². The number of hydrogen-bond acceptors (Lipinski definition) is 1. The standard InChI is InChI=1S/C24H26N2O/c1-3-16-5-4-6-18(13-16)24(11-12-24)22(27)25-19-7-8-20-17(14-19)15-21(26-20)23(2)9-10-23/h4-8,13-15,26H,3,9-12H2,1-2H3,(H,25,27). The average molecular weight is 358 g/mol. The zero-order valence-corrected chi connectivity index (χ0v) is 16.1. The molecule has 0 atom stereocenters. The number of aromatic nitrogens is 1. The molecule has 5 rings (SSSR count). The van der Waals surface area contributed by atoms with Gasteiger partial charge >= 0.3 is 0 Å². The lowest BCUT2D eigenvalue weighted by Gasteiger charge is -2.17.